The molecule has 2 atom stereocenters. The van der Waals surface area contributed by atoms with Crippen LogP contribution in [-0.2, 0) is 9.59 Å². The van der Waals surface area contributed by atoms with Gasteiger partial charge in [0.25, 0.3) is 0 Å². The number of carbonyl (C=O) groups excluding carboxylic acids is 2. The molecular formula is C26H21NO3. The van der Waals surface area contributed by atoms with E-state index in [1.54, 1.807) is 7.11 Å². The zero-order valence-corrected chi connectivity index (χ0v) is 16.8. The van der Waals surface area contributed by atoms with Gasteiger partial charge in [-0.3, -0.25) is 9.59 Å². The third-order valence-electron chi connectivity index (χ3n) is 7.09. The van der Waals surface area contributed by atoms with Gasteiger partial charge in [-0.2, -0.15) is 0 Å². The summed E-state index contributed by atoms with van der Waals surface area (Å²) in [6, 6.07) is 22.1. The van der Waals surface area contributed by atoms with Crippen molar-refractivity contribution in [3.05, 3.63) is 94.5 Å². The lowest BCUT2D eigenvalue weighted by Crippen LogP contribution is -2.41. The Hall–Kier alpha value is -3.40. The van der Waals surface area contributed by atoms with Gasteiger partial charge >= 0.3 is 0 Å². The van der Waals surface area contributed by atoms with Crippen LogP contribution in [-0.4, -0.2) is 18.9 Å². The molecule has 0 N–H and O–H groups in total. The van der Waals surface area contributed by atoms with Crippen molar-refractivity contribution in [2.24, 2.45) is 11.8 Å². The first kappa shape index (κ1) is 17.5. The maximum atomic E-state index is 13.7. The number of ether oxygens (including phenoxy) is 1. The molecule has 0 saturated carbocycles. The molecule has 2 amide bonds. The highest BCUT2D eigenvalue weighted by Gasteiger charge is 2.61. The highest BCUT2D eigenvalue weighted by Crippen LogP contribution is 2.61. The number of rotatable bonds is 2. The second-order valence-corrected chi connectivity index (χ2v) is 8.43. The fourth-order valence-corrected chi connectivity index (χ4v) is 5.92. The number of aryl methyl sites for hydroxylation is 1. The van der Waals surface area contributed by atoms with E-state index < -0.39 is 0 Å². The van der Waals surface area contributed by atoms with Crippen molar-refractivity contribution in [1.82, 2.24) is 0 Å². The molecule has 30 heavy (non-hydrogen) atoms. The smallest absolute Gasteiger partial charge is 0.238 e. The lowest BCUT2D eigenvalue weighted by Gasteiger charge is -2.45. The van der Waals surface area contributed by atoms with Crippen molar-refractivity contribution < 1.29 is 14.3 Å². The number of imide groups is 1. The average molecular weight is 395 g/mol. The van der Waals surface area contributed by atoms with Crippen molar-refractivity contribution in [1.29, 1.82) is 0 Å². The van der Waals surface area contributed by atoms with Crippen LogP contribution in [0.2, 0.25) is 0 Å². The van der Waals surface area contributed by atoms with Crippen molar-refractivity contribution in [2.75, 3.05) is 12.0 Å². The molecule has 3 aliphatic carbocycles. The summed E-state index contributed by atoms with van der Waals surface area (Å²) >= 11 is 0. The van der Waals surface area contributed by atoms with Gasteiger partial charge in [0, 0.05) is 11.8 Å². The van der Waals surface area contributed by atoms with Crippen molar-refractivity contribution in [3.8, 4) is 5.75 Å². The lowest BCUT2D eigenvalue weighted by atomic mass is 9.55. The van der Waals surface area contributed by atoms with Crippen LogP contribution in [0.1, 0.15) is 39.7 Å². The highest BCUT2D eigenvalue weighted by atomic mass is 16.5. The summed E-state index contributed by atoms with van der Waals surface area (Å²) in [6.45, 7) is 1.92. The van der Waals surface area contributed by atoms with Crippen molar-refractivity contribution >= 4 is 17.5 Å². The maximum absolute atomic E-state index is 13.7. The Morgan fingerprint density at radius 2 is 1.20 bits per heavy atom. The molecule has 3 aromatic rings. The molecule has 1 saturated heterocycles. The van der Waals surface area contributed by atoms with E-state index in [1.165, 1.54) is 27.2 Å². The van der Waals surface area contributed by atoms with Crippen LogP contribution in [0.5, 0.6) is 5.75 Å². The molecule has 148 valence electrons. The van der Waals surface area contributed by atoms with Crippen LogP contribution >= 0.6 is 0 Å². The standard InChI is InChI=1S/C26H21NO3/c1-14-13-15(30-2)11-12-20(14)27-25(28)23-21-16-7-3-4-8-17(16)22(24(23)26(27)29)19-10-6-5-9-18(19)21/h3-13,21-24H,1-2H3/t21?,22?,23-,24+. The van der Waals surface area contributed by atoms with E-state index in [1.807, 2.05) is 49.4 Å². The molecule has 3 aromatic carbocycles. The number of amides is 2. The molecule has 7 rings (SSSR count). The van der Waals surface area contributed by atoms with Gasteiger partial charge in [0.2, 0.25) is 11.8 Å². The molecule has 1 aliphatic heterocycles. The van der Waals surface area contributed by atoms with Gasteiger partial charge in [0.05, 0.1) is 24.6 Å². The molecule has 2 bridgehead atoms. The van der Waals surface area contributed by atoms with E-state index in [0.29, 0.717) is 11.4 Å². The molecule has 0 spiro atoms. The second-order valence-electron chi connectivity index (χ2n) is 8.43. The first-order valence-corrected chi connectivity index (χ1v) is 10.3. The van der Waals surface area contributed by atoms with Crippen LogP contribution in [0.25, 0.3) is 0 Å². The van der Waals surface area contributed by atoms with Gasteiger partial charge < -0.3 is 4.74 Å². The number of anilines is 1. The lowest BCUT2D eigenvalue weighted by molar-refractivity contribution is -0.122. The average Bonchev–Trinajstić information content (AvgIpc) is 3.04. The summed E-state index contributed by atoms with van der Waals surface area (Å²) in [6.07, 6.45) is 0. The third-order valence-corrected chi connectivity index (χ3v) is 7.09. The minimum Gasteiger partial charge on any atom is -0.497 e. The molecule has 0 aromatic heterocycles. The SMILES string of the molecule is COc1ccc(N2C(=O)[C@@H]3C4c5ccccc5C(c5ccccc54)[C@@H]3C2=O)c(C)c1. The molecular weight excluding hydrogens is 374 g/mol. The zero-order valence-electron chi connectivity index (χ0n) is 16.8. The quantitative estimate of drug-likeness (QED) is 0.604. The Labute approximate surface area is 175 Å². The fourth-order valence-electron chi connectivity index (χ4n) is 5.92. The maximum Gasteiger partial charge on any atom is 0.238 e. The Morgan fingerprint density at radius 1 is 0.733 bits per heavy atom. The van der Waals surface area contributed by atoms with Crippen LogP contribution in [0.3, 0.4) is 0 Å². The summed E-state index contributed by atoms with van der Waals surface area (Å²) in [5.74, 6) is -0.315. The second kappa shape index (κ2) is 6.05. The van der Waals surface area contributed by atoms with Gasteiger partial charge in [0.15, 0.2) is 0 Å². The molecule has 4 heteroatoms. The molecule has 1 heterocycles. The molecule has 4 nitrogen and oxygen atoms in total. The predicted octanol–water partition coefficient (Wildman–Crippen LogP) is 4.40. The van der Waals surface area contributed by atoms with Gasteiger partial charge in [-0.25, -0.2) is 4.90 Å². The number of methoxy groups -OCH3 is 1. The number of carbonyl (C=O) groups is 2. The van der Waals surface area contributed by atoms with Gasteiger partial charge in [-0.1, -0.05) is 48.5 Å². The summed E-state index contributed by atoms with van der Waals surface area (Å²) < 4.78 is 5.30. The Bertz CT molecular complexity index is 1110. The highest BCUT2D eigenvalue weighted by molar-refractivity contribution is 6.23. The van der Waals surface area contributed by atoms with Crippen LogP contribution < -0.4 is 9.64 Å². The summed E-state index contributed by atoms with van der Waals surface area (Å²) in [5.41, 5.74) is 6.28. The van der Waals surface area contributed by atoms with Crippen molar-refractivity contribution in [2.45, 2.75) is 18.8 Å². The number of hydrogen-bond acceptors (Lipinski definition) is 3. The van der Waals surface area contributed by atoms with E-state index in [0.717, 1.165) is 5.56 Å². The minimum absolute atomic E-state index is 0.0765. The van der Waals surface area contributed by atoms with E-state index >= 15 is 0 Å². The van der Waals surface area contributed by atoms with Crippen LogP contribution in [0, 0.1) is 18.8 Å². The van der Waals surface area contributed by atoms with Gasteiger partial charge in [-0.15, -0.1) is 0 Å². The van der Waals surface area contributed by atoms with Crippen LogP contribution in [0.4, 0.5) is 5.69 Å². The molecule has 4 aliphatic rings. The Kier molecular flexibility index (Phi) is 3.52. The molecule has 1 fully saturated rings. The topological polar surface area (TPSA) is 46.6 Å². The first-order valence-electron chi connectivity index (χ1n) is 10.3. The van der Waals surface area contributed by atoms with E-state index in [-0.39, 0.29) is 35.5 Å². The Balaban J connectivity index is 1.54. The van der Waals surface area contributed by atoms with Crippen LogP contribution in [0.15, 0.2) is 66.7 Å². The number of benzene rings is 3. The van der Waals surface area contributed by atoms with E-state index in [9.17, 15) is 9.59 Å². The number of hydrogen-bond donors (Lipinski definition) is 0. The van der Waals surface area contributed by atoms with E-state index in [2.05, 4.69) is 24.3 Å². The van der Waals surface area contributed by atoms with Crippen molar-refractivity contribution in [3.63, 3.8) is 0 Å². The molecule has 0 unspecified atom stereocenters. The largest absolute Gasteiger partial charge is 0.497 e. The predicted molar refractivity (Wildman–Crippen MR) is 114 cm³/mol. The monoisotopic (exact) mass is 395 g/mol. The summed E-state index contributed by atoms with van der Waals surface area (Å²) in [4.78, 5) is 28.9. The zero-order chi connectivity index (χ0) is 20.6. The Morgan fingerprint density at radius 3 is 1.60 bits per heavy atom. The molecule has 0 radical (unpaired) electrons. The minimum atomic E-state index is -0.353. The van der Waals surface area contributed by atoms with Gasteiger partial charge in [-0.05, 0) is 52.9 Å². The fraction of sp³-hybridized carbons (Fsp3) is 0.231. The first-order chi connectivity index (χ1) is 14.6. The normalized spacial score (nSPS) is 25.7. The van der Waals surface area contributed by atoms with Gasteiger partial charge in [0.1, 0.15) is 5.75 Å². The summed E-state index contributed by atoms with van der Waals surface area (Å²) in [5, 5.41) is 0. The third kappa shape index (κ3) is 2.06. The van der Waals surface area contributed by atoms with E-state index in [4.69, 9.17) is 4.74 Å². The summed E-state index contributed by atoms with van der Waals surface area (Å²) in [7, 11) is 1.61. The number of nitrogens with zero attached hydrogens (tertiary/aromatic N) is 1.